The molecule has 1 saturated heterocycles. The lowest BCUT2D eigenvalue weighted by atomic mass is 10.1. The molecule has 1 aliphatic heterocycles. The van der Waals surface area contributed by atoms with Gasteiger partial charge in [-0.1, -0.05) is 26.7 Å². The van der Waals surface area contributed by atoms with E-state index >= 15 is 0 Å². The van der Waals surface area contributed by atoms with E-state index in [-0.39, 0.29) is 6.10 Å². The van der Waals surface area contributed by atoms with Gasteiger partial charge in [-0.05, 0) is 31.0 Å². The van der Waals surface area contributed by atoms with E-state index in [0.717, 1.165) is 75.7 Å². The molecule has 0 bridgehead atoms. The Bertz CT molecular complexity index is 430. The van der Waals surface area contributed by atoms with E-state index in [1.165, 1.54) is 0 Å². The van der Waals surface area contributed by atoms with Crippen molar-refractivity contribution in [1.82, 2.24) is 5.32 Å². The summed E-state index contributed by atoms with van der Waals surface area (Å²) in [6.45, 7) is 8.32. The highest BCUT2D eigenvalue weighted by molar-refractivity contribution is 5.42. The highest BCUT2D eigenvalue weighted by Crippen LogP contribution is 2.32. The van der Waals surface area contributed by atoms with Crippen molar-refractivity contribution in [2.45, 2.75) is 45.6 Å². The maximum atomic E-state index is 5.95. The minimum absolute atomic E-state index is 0.0418. The zero-order valence-electron chi connectivity index (χ0n) is 13.9. The summed E-state index contributed by atoms with van der Waals surface area (Å²) in [4.78, 5) is 0. The van der Waals surface area contributed by atoms with Crippen LogP contribution in [0.2, 0.25) is 0 Å². The second kappa shape index (κ2) is 9.70. The lowest BCUT2D eigenvalue weighted by Crippen LogP contribution is -2.33. The highest BCUT2D eigenvalue weighted by Gasteiger charge is 2.20. The maximum Gasteiger partial charge on any atom is 0.125 e. The molecule has 0 radical (unpaired) electrons. The zero-order chi connectivity index (χ0) is 15.6. The molecular formula is C18H29NO3. The minimum atomic E-state index is 0.0418. The van der Waals surface area contributed by atoms with Gasteiger partial charge < -0.3 is 19.5 Å². The topological polar surface area (TPSA) is 39.7 Å². The van der Waals surface area contributed by atoms with Crippen LogP contribution in [-0.2, 0) is 4.74 Å². The van der Waals surface area contributed by atoms with Crippen LogP contribution in [0, 0.1) is 0 Å². The summed E-state index contributed by atoms with van der Waals surface area (Å²) < 4.78 is 17.7. The number of hydrogen-bond acceptors (Lipinski definition) is 4. The van der Waals surface area contributed by atoms with Crippen molar-refractivity contribution in [1.29, 1.82) is 0 Å². The Balaban J connectivity index is 2.09. The first kappa shape index (κ1) is 17.1. The Kier molecular flexibility index (Phi) is 7.54. The van der Waals surface area contributed by atoms with Crippen molar-refractivity contribution in [3.63, 3.8) is 0 Å². The van der Waals surface area contributed by atoms with Crippen LogP contribution in [0.3, 0.4) is 0 Å². The van der Waals surface area contributed by atoms with Gasteiger partial charge in [0.05, 0.1) is 25.9 Å². The summed E-state index contributed by atoms with van der Waals surface area (Å²) in [6, 6.07) is 6.09. The molecule has 0 aliphatic carbocycles. The Morgan fingerprint density at radius 1 is 1.14 bits per heavy atom. The van der Waals surface area contributed by atoms with Gasteiger partial charge in [0.1, 0.15) is 11.5 Å². The average molecular weight is 307 g/mol. The Morgan fingerprint density at radius 2 is 1.91 bits per heavy atom. The molecule has 0 amide bonds. The van der Waals surface area contributed by atoms with Gasteiger partial charge in [-0.3, -0.25) is 0 Å². The number of ether oxygens (including phenoxy) is 3. The smallest absolute Gasteiger partial charge is 0.125 e. The van der Waals surface area contributed by atoms with Gasteiger partial charge in [0.15, 0.2) is 0 Å². The van der Waals surface area contributed by atoms with E-state index in [1.54, 1.807) is 0 Å². The molecule has 2 rings (SSSR count). The molecule has 0 spiro atoms. The predicted molar refractivity (Wildman–Crippen MR) is 88.8 cm³/mol. The lowest BCUT2D eigenvalue weighted by molar-refractivity contribution is 0.0257. The average Bonchev–Trinajstić information content (AvgIpc) is 2.57. The molecule has 22 heavy (non-hydrogen) atoms. The number of benzene rings is 1. The summed E-state index contributed by atoms with van der Waals surface area (Å²) in [6.07, 6.45) is 4.46. The minimum Gasteiger partial charge on any atom is -0.494 e. The van der Waals surface area contributed by atoms with E-state index in [1.807, 2.05) is 12.1 Å². The standard InChI is InChI=1S/C18H29NO3/c1-3-5-10-20-15-7-8-17(21-11-6-4-2)16(13-15)18-14-19-9-12-22-18/h7-8,13,18-19H,3-6,9-12,14H2,1-2H3. The molecule has 4 nitrogen and oxygen atoms in total. The molecule has 1 aromatic rings. The molecule has 4 heteroatoms. The summed E-state index contributed by atoms with van der Waals surface area (Å²) >= 11 is 0. The van der Waals surface area contributed by atoms with Crippen LogP contribution in [-0.4, -0.2) is 32.9 Å². The fourth-order valence-electron chi connectivity index (χ4n) is 2.43. The van der Waals surface area contributed by atoms with Gasteiger partial charge >= 0.3 is 0 Å². The van der Waals surface area contributed by atoms with Crippen molar-refractivity contribution in [3.8, 4) is 11.5 Å². The summed E-state index contributed by atoms with van der Waals surface area (Å²) in [7, 11) is 0. The molecular weight excluding hydrogens is 278 g/mol. The van der Waals surface area contributed by atoms with E-state index in [0.29, 0.717) is 0 Å². The Morgan fingerprint density at radius 3 is 2.59 bits per heavy atom. The number of morpholine rings is 1. The van der Waals surface area contributed by atoms with Gasteiger partial charge in [0.25, 0.3) is 0 Å². The van der Waals surface area contributed by atoms with Gasteiger partial charge in [-0.25, -0.2) is 0 Å². The number of hydrogen-bond donors (Lipinski definition) is 1. The van der Waals surface area contributed by atoms with Crippen molar-refractivity contribution < 1.29 is 14.2 Å². The lowest BCUT2D eigenvalue weighted by Gasteiger charge is -2.26. The normalized spacial score (nSPS) is 18.2. The molecule has 1 heterocycles. The van der Waals surface area contributed by atoms with Crippen molar-refractivity contribution in [2.24, 2.45) is 0 Å². The first-order valence-corrected chi connectivity index (χ1v) is 8.57. The Hall–Kier alpha value is -1.26. The summed E-state index contributed by atoms with van der Waals surface area (Å²) in [5, 5.41) is 3.38. The van der Waals surface area contributed by atoms with Crippen molar-refractivity contribution >= 4 is 0 Å². The number of unbranched alkanes of at least 4 members (excludes halogenated alkanes) is 2. The predicted octanol–water partition coefficient (Wildman–Crippen LogP) is 3.71. The third-order valence-electron chi connectivity index (χ3n) is 3.78. The van der Waals surface area contributed by atoms with Crippen LogP contribution in [0.1, 0.15) is 51.2 Å². The molecule has 1 aromatic carbocycles. The van der Waals surface area contributed by atoms with Crippen molar-refractivity contribution in [2.75, 3.05) is 32.9 Å². The molecule has 1 N–H and O–H groups in total. The molecule has 1 atom stereocenters. The second-order valence-electron chi connectivity index (χ2n) is 5.67. The molecule has 0 saturated carbocycles. The monoisotopic (exact) mass is 307 g/mol. The SMILES string of the molecule is CCCCOc1ccc(OCCCC)c(C2CNCCO2)c1. The molecule has 1 aliphatic rings. The van der Waals surface area contributed by atoms with Gasteiger partial charge in [-0.2, -0.15) is 0 Å². The van der Waals surface area contributed by atoms with Gasteiger partial charge in [0.2, 0.25) is 0 Å². The largest absolute Gasteiger partial charge is 0.494 e. The van der Waals surface area contributed by atoms with Gasteiger partial charge in [0, 0.05) is 18.7 Å². The first-order chi connectivity index (χ1) is 10.8. The van der Waals surface area contributed by atoms with E-state index in [4.69, 9.17) is 14.2 Å². The van der Waals surface area contributed by atoms with E-state index in [2.05, 4.69) is 25.2 Å². The third kappa shape index (κ3) is 5.18. The van der Waals surface area contributed by atoms with Crippen LogP contribution < -0.4 is 14.8 Å². The van der Waals surface area contributed by atoms with Crippen LogP contribution in [0.5, 0.6) is 11.5 Å². The Labute approximate surface area is 134 Å². The molecule has 124 valence electrons. The van der Waals surface area contributed by atoms with Crippen LogP contribution in [0.25, 0.3) is 0 Å². The molecule has 0 aromatic heterocycles. The van der Waals surface area contributed by atoms with Crippen LogP contribution in [0.15, 0.2) is 18.2 Å². The van der Waals surface area contributed by atoms with E-state index in [9.17, 15) is 0 Å². The number of nitrogens with one attached hydrogen (secondary N) is 1. The number of rotatable bonds is 9. The zero-order valence-corrected chi connectivity index (χ0v) is 13.9. The fourth-order valence-corrected chi connectivity index (χ4v) is 2.43. The summed E-state index contributed by atoms with van der Waals surface area (Å²) in [5.41, 5.74) is 1.09. The maximum absolute atomic E-state index is 5.95. The third-order valence-corrected chi connectivity index (χ3v) is 3.78. The van der Waals surface area contributed by atoms with Crippen LogP contribution in [0.4, 0.5) is 0 Å². The fraction of sp³-hybridized carbons (Fsp3) is 0.667. The van der Waals surface area contributed by atoms with Gasteiger partial charge in [-0.15, -0.1) is 0 Å². The van der Waals surface area contributed by atoms with Crippen LogP contribution >= 0.6 is 0 Å². The second-order valence-corrected chi connectivity index (χ2v) is 5.67. The summed E-state index contributed by atoms with van der Waals surface area (Å²) in [5.74, 6) is 1.82. The van der Waals surface area contributed by atoms with E-state index < -0.39 is 0 Å². The quantitative estimate of drug-likeness (QED) is 0.706. The van der Waals surface area contributed by atoms with Crippen molar-refractivity contribution in [3.05, 3.63) is 23.8 Å². The molecule has 1 unspecified atom stereocenters. The molecule has 1 fully saturated rings. The highest BCUT2D eigenvalue weighted by atomic mass is 16.5. The first-order valence-electron chi connectivity index (χ1n) is 8.57.